The largest absolute Gasteiger partial charge is 0.511 e. The summed E-state index contributed by atoms with van der Waals surface area (Å²) in [5.74, 6) is -0.766. The number of aromatic nitrogens is 2. The molecule has 1 aromatic heterocycles. The molecule has 0 amide bonds. The summed E-state index contributed by atoms with van der Waals surface area (Å²) in [4.78, 5) is 6.00. The summed E-state index contributed by atoms with van der Waals surface area (Å²) in [5, 5.41) is 0. The number of alkyl halides is 3. The van der Waals surface area contributed by atoms with Gasteiger partial charge in [0.15, 0.2) is 0 Å². The predicted octanol–water partition coefficient (Wildman–Crippen LogP) is 3.56. The minimum absolute atomic E-state index is 0.0112. The van der Waals surface area contributed by atoms with Crippen molar-refractivity contribution < 1.29 is 30.7 Å². The van der Waals surface area contributed by atoms with Crippen LogP contribution in [0.1, 0.15) is 36.9 Å². The van der Waals surface area contributed by atoms with Gasteiger partial charge in [-0.3, -0.25) is 0 Å². The van der Waals surface area contributed by atoms with Gasteiger partial charge in [-0.25, -0.2) is 17.8 Å². The van der Waals surface area contributed by atoms with E-state index >= 15 is 0 Å². The third kappa shape index (κ3) is 5.02. The minimum atomic E-state index is -5.68. The Balaban J connectivity index is 1.75. The summed E-state index contributed by atoms with van der Waals surface area (Å²) in [6, 6.07) is 3.40. The normalized spacial score (nSPS) is 20.8. The molecule has 12 heteroatoms. The number of fused-ring (bicyclic) bond motifs is 1. The van der Waals surface area contributed by atoms with Crippen LogP contribution >= 0.6 is 0 Å². The van der Waals surface area contributed by atoms with Crippen LogP contribution in [0.15, 0.2) is 30.7 Å². The number of aryl methyl sites for hydroxylation is 1. The Morgan fingerprint density at radius 1 is 1.21 bits per heavy atom. The lowest BCUT2D eigenvalue weighted by molar-refractivity contribution is -0.0496. The summed E-state index contributed by atoms with van der Waals surface area (Å²) < 4.78 is 87.9. The summed E-state index contributed by atoms with van der Waals surface area (Å²) in [5.41, 5.74) is -4.65. The maximum absolute atomic E-state index is 14.8. The minimum Gasteiger partial charge on any atom is -0.376 e. The Bertz CT molecular complexity index is 1080. The number of hydrogen-bond acceptors (Lipinski definition) is 5. The zero-order valence-electron chi connectivity index (χ0n) is 18.1. The van der Waals surface area contributed by atoms with E-state index in [9.17, 15) is 26.0 Å². The average Bonchev–Trinajstić information content (AvgIpc) is 3.37. The molecule has 0 radical (unpaired) electrons. The first-order valence-corrected chi connectivity index (χ1v) is 12.2. The molecule has 182 valence electrons. The lowest BCUT2D eigenvalue weighted by atomic mass is 10.1. The molecule has 33 heavy (non-hydrogen) atoms. The van der Waals surface area contributed by atoms with Gasteiger partial charge in [-0.2, -0.15) is 17.5 Å². The van der Waals surface area contributed by atoms with Crippen molar-refractivity contribution in [2.45, 2.75) is 56.4 Å². The summed E-state index contributed by atoms with van der Waals surface area (Å²) in [6.07, 6.45) is 7.04. The molecule has 2 heterocycles. The Morgan fingerprint density at radius 2 is 1.94 bits per heavy atom. The Kier molecular flexibility index (Phi) is 6.70. The van der Waals surface area contributed by atoms with Crippen LogP contribution < -0.4 is 4.90 Å². The van der Waals surface area contributed by atoms with E-state index in [2.05, 4.69) is 4.98 Å². The molecule has 0 spiro atoms. The lowest BCUT2D eigenvalue weighted by Gasteiger charge is -2.34. The second-order valence-electron chi connectivity index (χ2n) is 8.53. The molecule has 0 saturated heterocycles. The fourth-order valence-corrected chi connectivity index (χ4v) is 5.42. The van der Waals surface area contributed by atoms with Crippen molar-refractivity contribution in [1.82, 2.24) is 13.9 Å². The predicted molar refractivity (Wildman–Crippen MR) is 113 cm³/mol. The molecule has 1 aliphatic carbocycles. The molecule has 2 aromatic rings. The smallest absolute Gasteiger partial charge is 0.376 e. The van der Waals surface area contributed by atoms with E-state index in [-0.39, 0.29) is 24.8 Å². The molecule has 1 fully saturated rings. The summed E-state index contributed by atoms with van der Waals surface area (Å²) >= 11 is 0. The van der Waals surface area contributed by atoms with E-state index < -0.39 is 40.5 Å². The summed E-state index contributed by atoms with van der Waals surface area (Å²) in [6.45, 7) is -1.04. The van der Waals surface area contributed by atoms with Crippen molar-refractivity contribution in [3.63, 3.8) is 0 Å². The zero-order chi connectivity index (χ0) is 23.8. The van der Waals surface area contributed by atoms with E-state index in [1.165, 1.54) is 6.07 Å². The molecule has 4 rings (SSSR count). The maximum Gasteiger partial charge on any atom is 0.511 e. The molecule has 1 aromatic carbocycles. The van der Waals surface area contributed by atoms with Crippen LogP contribution in [-0.4, -0.2) is 53.1 Å². The second-order valence-corrected chi connectivity index (χ2v) is 10.5. The molecule has 1 aliphatic heterocycles. The van der Waals surface area contributed by atoms with Crippen molar-refractivity contribution >= 4 is 15.7 Å². The molecule has 0 bridgehead atoms. The number of nitrogens with zero attached hydrogens (tertiary/aromatic N) is 4. The van der Waals surface area contributed by atoms with E-state index in [1.54, 1.807) is 35.1 Å². The summed E-state index contributed by atoms with van der Waals surface area (Å²) in [7, 11) is -3.90. The number of sulfonamides is 1. The fourth-order valence-electron chi connectivity index (χ4n) is 4.46. The Labute approximate surface area is 190 Å². The fraction of sp³-hybridized carbons (Fsp3) is 0.571. The van der Waals surface area contributed by atoms with Gasteiger partial charge >= 0.3 is 15.5 Å². The first kappa shape index (κ1) is 24.0. The van der Waals surface area contributed by atoms with Gasteiger partial charge in [-0.05, 0) is 25.0 Å². The van der Waals surface area contributed by atoms with Gasteiger partial charge in [0.2, 0.25) is 0 Å². The van der Waals surface area contributed by atoms with Crippen molar-refractivity contribution in [3.8, 4) is 0 Å². The highest BCUT2D eigenvalue weighted by molar-refractivity contribution is 7.89. The van der Waals surface area contributed by atoms with Crippen LogP contribution in [0.2, 0.25) is 0 Å². The van der Waals surface area contributed by atoms with Crippen LogP contribution in [-0.2, 0) is 34.9 Å². The number of ether oxygens (including phenoxy) is 1. The molecule has 0 unspecified atom stereocenters. The SMILES string of the molecule is Cn1cnc(CN2c3cccc(F)c3CN(S(=O)(=O)C(F)(F)F)C[C@H]2COC2CCCC2)c1. The number of benzene rings is 1. The van der Waals surface area contributed by atoms with E-state index in [0.29, 0.717) is 15.7 Å². The first-order valence-electron chi connectivity index (χ1n) is 10.7. The average molecular weight is 491 g/mol. The van der Waals surface area contributed by atoms with E-state index in [1.807, 2.05) is 0 Å². The number of anilines is 1. The van der Waals surface area contributed by atoms with E-state index in [0.717, 1.165) is 31.7 Å². The van der Waals surface area contributed by atoms with E-state index in [4.69, 9.17) is 4.74 Å². The molecule has 2 aliphatic rings. The maximum atomic E-state index is 14.8. The molecular formula is C21H26F4N4O3S. The van der Waals surface area contributed by atoms with Gasteiger partial charge in [-0.15, -0.1) is 0 Å². The number of imidazole rings is 1. The monoisotopic (exact) mass is 490 g/mol. The molecule has 1 atom stereocenters. The Hall–Kier alpha value is -2.18. The quantitative estimate of drug-likeness (QED) is 0.580. The highest BCUT2D eigenvalue weighted by Crippen LogP contribution is 2.36. The van der Waals surface area contributed by atoms with Crippen LogP contribution in [0.4, 0.5) is 23.2 Å². The zero-order valence-corrected chi connectivity index (χ0v) is 18.9. The van der Waals surface area contributed by atoms with Crippen molar-refractivity contribution in [1.29, 1.82) is 0 Å². The van der Waals surface area contributed by atoms with Gasteiger partial charge < -0.3 is 14.2 Å². The molecule has 1 saturated carbocycles. The van der Waals surface area contributed by atoms with Gasteiger partial charge in [0, 0.05) is 37.6 Å². The Morgan fingerprint density at radius 3 is 2.58 bits per heavy atom. The topological polar surface area (TPSA) is 67.7 Å². The first-order chi connectivity index (χ1) is 15.6. The lowest BCUT2D eigenvalue weighted by Crippen LogP contribution is -2.49. The highest BCUT2D eigenvalue weighted by Gasteiger charge is 2.51. The second kappa shape index (κ2) is 9.22. The number of halogens is 4. The number of rotatable bonds is 6. The standard InChI is InChI=1S/C21H26F4N4O3S/c1-27-9-15(26-14-27)10-29-16(13-32-17-5-2-3-6-17)11-28(33(30,31)21(23,24)25)12-18-19(22)7-4-8-20(18)29/h4,7-9,14,16-17H,2-3,5-6,10-13H2,1H3/t16-/m0/s1. The van der Waals surface area contributed by atoms with Gasteiger partial charge in [0.05, 0.1) is 37.3 Å². The molecule has 0 N–H and O–H groups in total. The van der Waals surface area contributed by atoms with Crippen LogP contribution in [0.25, 0.3) is 0 Å². The van der Waals surface area contributed by atoms with Gasteiger partial charge in [0.25, 0.3) is 0 Å². The van der Waals surface area contributed by atoms with Crippen LogP contribution in [0.3, 0.4) is 0 Å². The van der Waals surface area contributed by atoms with Crippen LogP contribution in [0, 0.1) is 5.82 Å². The van der Waals surface area contributed by atoms with Gasteiger partial charge in [0.1, 0.15) is 5.82 Å². The van der Waals surface area contributed by atoms with Crippen LogP contribution in [0.5, 0.6) is 0 Å². The van der Waals surface area contributed by atoms with Crippen molar-refractivity contribution in [2.24, 2.45) is 7.05 Å². The molecular weight excluding hydrogens is 464 g/mol. The number of hydrogen-bond donors (Lipinski definition) is 0. The van der Waals surface area contributed by atoms with Gasteiger partial charge in [-0.1, -0.05) is 18.9 Å². The molecule has 7 nitrogen and oxygen atoms in total. The highest BCUT2D eigenvalue weighted by atomic mass is 32.2. The third-order valence-electron chi connectivity index (χ3n) is 6.14. The third-order valence-corrected chi connectivity index (χ3v) is 7.69. The van der Waals surface area contributed by atoms with Crippen molar-refractivity contribution in [3.05, 3.63) is 47.8 Å². The van der Waals surface area contributed by atoms with Crippen molar-refractivity contribution in [2.75, 3.05) is 18.1 Å².